The van der Waals surface area contributed by atoms with E-state index in [-0.39, 0.29) is 53.1 Å². The second-order valence-electron chi connectivity index (χ2n) is 7.19. The van der Waals surface area contributed by atoms with E-state index in [1.54, 1.807) is 0 Å². The van der Waals surface area contributed by atoms with Crippen LogP contribution in [0.4, 0.5) is 0 Å². The van der Waals surface area contributed by atoms with Crippen LogP contribution in [-0.2, 0) is 4.79 Å². The van der Waals surface area contributed by atoms with Crippen LogP contribution in [-0.4, -0.2) is 35.4 Å². The SMILES string of the molecule is CCC(C)C(CO)NC(=O)COc1cc(O)c2c(=O)cc(-c3ccccc3)oc2c1. The number of rotatable bonds is 8. The van der Waals surface area contributed by atoms with Crippen molar-refractivity contribution in [3.8, 4) is 22.8 Å². The number of hydrogen-bond acceptors (Lipinski definition) is 6. The van der Waals surface area contributed by atoms with Crippen molar-refractivity contribution in [1.82, 2.24) is 5.32 Å². The van der Waals surface area contributed by atoms with Gasteiger partial charge in [-0.25, -0.2) is 0 Å². The second-order valence-corrected chi connectivity index (χ2v) is 7.19. The van der Waals surface area contributed by atoms with Crippen LogP contribution in [0.25, 0.3) is 22.3 Å². The summed E-state index contributed by atoms with van der Waals surface area (Å²) < 4.78 is 11.3. The fourth-order valence-electron chi connectivity index (χ4n) is 3.12. The zero-order valence-corrected chi connectivity index (χ0v) is 16.9. The average Bonchev–Trinajstić information content (AvgIpc) is 2.75. The molecule has 158 valence electrons. The predicted molar refractivity (Wildman–Crippen MR) is 114 cm³/mol. The van der Waals surface area contributed by atoms with E-state index >= 15 is 0 Å². The molecule has 7 nitrogen and oxygen atoms in total. The van der Waals surface area contributed by atoms with Gasteiger partial charge in [0.15, 0.2) is 12.0 Å². The van der Waals surface area contributed by atoms with Gasteiger partial charge >= 0.3 is 0 Å². The lowest BCUT2D eigenvalue weighted by Gasteiger charge is -2.22. The molecule has 0 saturated heterocycles. The summed E-state index contributed by atoms with van der Waals surface area (Å²) >= 11 is 0. The van der Waals surface area contributed by atoms with Crippen LogP contribution >= 0.6 is 0 Å². The molecule has 0 radical (unpaired) electrons. The van der Waals surface area contributed by atoms with E-state index in [9.17, 15) is 19.8 Å². The molecule has 2 unspecified atom stereocenters. The first-order chi connectivity index (χ1) is 14.4. The lowest BCUT2D eigenvalue weighted by Crippen LogP contribution is -2.43. The molecule has 1 amide bonds. The maximum atomic E-state index is 12.5. The van der Waals surface area contributed by atoms with E-state index in [2.05, 4.69) is 5.32 Å². The maximum Gasteiger partial charge on any atom is 0.258 e. The molecule has 2 atom stereocenters. The Labute approximate surface area is 173 Å². The summed E-state index contributed by atoms with van der Waals surface area (Å²) in [6.45, 7) is 3.45. The largest absolute Gasteiger partial charge is 0.507 e. The molecule has 3 aromatic rings. The van der Waals surface area contributed by atoms with Gasteiger partial charge in [-0.3, -0.25) is 9.59 Å². The number of phenolic OH excluding ortho intramolecular Hbond substituents is 1. The van der Waals surface area contributed by atoms with Gasteiger partial charge in [0.1, 0.15) is 28.2 Å². The Morgan fingerprint density at radius 3 is 2.60 bits per heavy atom. The molecule has 0 saturated carbocycles. The minimum atomic E-state index is -0.395. The van der Waals surface area contributed by atoms with Crippen molar-refractivity contribution < 1.29 is 24.2 Å². The van der Waals surface area contributed by atoms with E-state index in [4.69, 9.17) is 9.15 Å². The summed E-state index contributed by atoms with van der Waals surface area (Å²) in [4.78, 5) is 24.6. The molecular formula is C23H25NO6. The number of hydrogen-bond donors (Lipinski definition) is 3. The number of phenols is 1. The Bertz CT molecular complexity index is 1080. The van der Waals surface area contributed by atoms with Crippen molar-refractivity contribution in [2.24, 2.45) is 5.92 Å². The summed E-state index contributed by atoms with van der Waals surface area (Å²) in [5, 5.41) is 22.5. The third-order valence-electron chi connectivity index (χ3n) is 5.09. The summed E-state index contributed by atoms with van der Waals surface area (Å²) in [7, 11) is 0. The Hall–Kier alpha value is -3.32. The molecule has 1 aromatic heterocycles. The van der Waals surface area contributed by atoms with Crippen molar-refractivity contribution >= 4 is 16.9 Å². The summed E-state index contributed by atoms with van der Waals surface area (Å²) in [5.74, 6) is -0.0128. The van der Waals surface area contributed by atoms with Crippen molar-refractivity contribution in [1.29, 1.82) is 0 Å². The molecule has 0 spiro atoms. The first-order valence-corrected chi connectivity index (χ1v) is 9.82. The fraction of sp³-hybridized carbons (Fsp3) is 0.304. The number of aliphatic hydroxyl groups excluding tert-OH is 1. The number of carbonyl (C=O) groups excluding carboxylic acids is 1. The molecule has 0 aliphatic heterocycles. The molecule has 7 heteroatoms. The average molecular weight is 411 g/mol. The number of ether oxygens (including phenoxy) is 1. The highest BCUT2D eigenvalue weighted by molar-refractivity contribution is 5.86. The van der Waals surface area contributed by atoms with Crippen LogP contribution in [0.3, 0.4) is 0 Å². The number of benzene rings is 2. The standard InChI is InChI=1S/C23H25NO6/c1-3-14(2)17(12-25)24-22(28)13-29-16-9-18(26)23-19(27)11-20(30-21(23)10-16)15-7-5-4-6-8-15/h4-11,14,17,25-26H,3,12-13H2,1-2H3,(H,24,28). The number of aromatic hydroxyl groups is 1. The smallest absolute Gasteiger partial charge is 0.258 e. The van der Waals surface area contributed by atoms with Crippen molar-refractivity contribution in [3.05, 3.63) is 58.8 Å². The number of carbonyl (C=O) groups is 1. The van der Waals surface area contributed by atoms with E-state index in [0.29, 0.717) is 5.76 Å². The van der Waals surface area contributed by atoms with Crippen LogP contribution in [0.15, 0.2) is 57.7 Å². The van der Waals surface area contributed by atoms with Crippen molar-refractivity contribution in [2.45, 2.75) is 26.3 Å². The molecule has 1 heterocycles. The van der Waals surface area contributed by atoms with Gasteiger partial charge in [0.2, 0.25) is 0 Å². The first kappa shape index (κ1) is 21.4. The van der Waals surface area contributed by atoms with Crippen LogP contribution in [0.5, 0.6) is 11.5 Å². The third-order valence-corrected chi connectivity index (χ3v) is 5.09. The van der Waals surface area contributed by atoms with E-state index in [1.165, 1.54) is 18.2 Å². The Balaban J connectivity index is 1.82. The van der Waals surface area contributed by atoms with E-state index in [1.807, 2.05) is 44.2 Å². The highest BCUT2D eigenvalue weighted by Crippen LogP contribution is 2.31. The van der Waals surface area contributed by atoms with E-state index in [0.717, 1.165) is 12.0 Å². The molecule has 0 bridgehead atoms. The fourth-order valence-corrected chi connectivity index (χ4v) is 3.12. The van der Waals surface area contributed by atoms with Gasteiger partial charge in [-0.1, -0.05) is 50.6 Å². The van der Waals surface area contributed by atoms with Gasteiger partial charge in [0.25, 0.3) is 5.91 Å². The zero-order chi connectivity index (χ0) is 21.7. The highest BCUT2D eigenvalue weighted by atomic mass is 16.5. The topological polar surface area (TPSA) is 109 Å². The summed E-state index contributed by atoms with van der Waals surface area (Å²) in [6, 6.07) is 12.8. The normalized spacial score (nSPS) is 13.0. The minimum absolute atomic E-state index is 0.0450. The monoisotopic (exact) mass is 411 g/mol. The summed E-state index contributed by atoms with van der Waals surface area (Å²) in [6.07, 6.45) is 0.813. The number of fused-ring (bicyclic) bond motifs is 1. The van der Waals surface area contributed by atoms with Gasteiger partial charge in [-0.2, -0.15) is 0 Å². The number of nitrogens with one attached hydrogen (secondary N) is 1. The maximum absolute atomic E-state index is 12.5. The van der Waals surface area contributed by atoms with Crippen molar-refractivity contribution in [2.75, 3.05) is 13.2 Å². The van der Waals surface area contributed by atoms with Gasteiger partial charge in [0, 0.05) is 23.8 Å². The molecule has 3 rings (SSSR count). The van der Waals surface area contributed by atoms with Gasteiger partial charge in [-0.15, -0.1) is 0 Å². The minimum Gasteiger partial charge on any atom is -0.507 e. The van der Waals surface area contributed by atoms with Crippen LogP contribution in [0, 0.1) is 5.92 Å². The lowest BCUT2D eigenvalue weighted by molar-refractivity contribution is -0.124. The first-order valence-electron chi connectivity index (χ1n) is 9.82. The van der Waals surface area contributed by atoms with Crippen molar-refractivity contribution in [3.63, 3.8) is 0 Å². The van der Waals surface area contributed by atoms with Crippen LogP contribution in [0.1, 0.15) is 20.3 Å². The Morgan fingerprint density at radius 1 is 1.20 bits per heavy atom. The highest BCUT2D eigenvalue weighted by Gasteiger charge is 2.18. The number of amides is 1. The zero-order valence-electron chi connectivity index (χ0n) is 16.9. The van der Waals surface area contributed by atoms with Gasteiger partial charge < -0.3 is 24.7 Å². The molecule has 0 fully saturated rings. The molecule has 0 aliphatic rings. The second kappa shape index (κ2) is 9.45. The van der Waals surface area contributed by atoms with Gasteiger partial charge in [-0.05, 0) is 5.92 Å². The molecule has 0 aliphatic carbocycles. The van der Waals surface area contributed by atoms with Gasteiger partial charge in [0.05, 0.1) is 12.6 Å². The number of aliphatic hydroxyl groups is 1. The molecular weight excluding hydrogens is 386 g/mol. The Kier molecular flexibility index (Phi) is 6.74. The molecule has 30 heavy (non-hydrogen) atoms. The van der Waals surface area contributed by atoms with Crippen LogP contribution < -0.4 is 15.5 Å². The Morgan fingerprint density at radius 2 is 1.93 bits per heavy atom. The van der Waals surface area contributed by atoms with E-state index < -0.39 is 5.91 Å². The molecule has 3 N–H and O–H groups in total. The quantitative estimate of drug-likeness (QED) is 0.526. The third kappa shape index (κ3) is 4.80. The van der Waals surface area contributed by atoms with Crippen LogP contribution in [0.2, 0.25) is 0 Å². The summed E-state index contributed by atoms with van der Waals surface area (Å²) in [5.41, 5.74) is 0.502. The predicted octanol–water partition coefficient (Wildman–Crippen LogP) is 3.07. The molecule has 2 aromatic carbocycles. The lowest BCUT2D eigenvalue weighted by atomic mass is 10.00.